The average Bonchev–Trinajstić information content (AvgIpc) is 0.823. The van der Waals surface area contributed by atoms with Crippen molar-refractivity contribution >= 4 is 128 Å². The number of methoxy groups -OCH3 is 4. The molecule has 0 bridgehead atoms. The maximum atomic E-state index is 13.3. The number of hydrogen-bond donors (Lipinski definition) is 5. The highest BCUT2D eigenvalue weighted by Gasteiger charge is 2.38. The lowest BCUT2D eigenvalue weighted by atomic mass is 9.83. The van der Waals surface area contributed by atoms with E-state index in [2.05, 4.69) is 106 Å². The number of alkyl halides is 2. The fourth-order valence-electron chi connectivity index (χ4n) is 14.3. The molecule has 33 nitrogen and oxygen atoms in total. The fourth-order valence-corrected chi connectivity index (χ4v) is 18.4. The summed E-state index contributed by atoms with van der Waals surface area (Å²) < 4.78 is 137. The number of nitrogens with one attached hydrogen (secondary N) is 3. The lowest BCUT2D eigenvalue weighted by Gasteiger charge is -2.30. The Labute approximate surface area is 834 Å². The Bertz CT molecular complexity index is 3380. The number of amides is 3. The van der Waals surface area contributed by atoms with Crippen LogP contribution in [0.4, 0.5) is 0 Å². The predicted octanol–water partition coefficient (Wildman–Crippen LogP) is 17.6. The molecule has 0 fully saturated rings. The van der Waals surface area contributed by atoms with Crippen LogP contribution in [0.2, 0.25) is 0 Å². The Kier molecular flexibility index (Phi) is 82.9. The molecule has 0 saturated carbocycles. The van der Waals surface area contributed by atoms with Crippen LogP contribution in [0.25, 0.3) is 0 Å². The summed E-state index contributed by atoms with van der Waals surface area (Å²) in [5.74, 6) is -13.3. The van der Waals surface area contributed by atoms with Crippen molar-refractivity contribution in [2.24, 2.45) is 47.3 Å². The Balaban J connectivity index is -0.000000367. The quantitative estimate of drug-likeness (QED) is 0.00943. The summed E-state index contributed by atoms with van der Waals surface area (Å²) in [6.07, 6.45) is 29.4. The number of carbonyl (C=O) groups excluding carboxylic acids is 11. The summed E-state index contributed by atoms with van der Waals surface area (Å²) in [5.41, 5.74) is -3.68. The van der Waals surface area contributed by atoms with Crippen molar-refractivity contribution < 1.29 is 132 Å². The van der Waals surface area contributed by atoms with E-state index < -0.39 is 163 Å². The molecular formula is C97H184Br2N5O28S3+. The van der Waals surface area contributed by atoms with Gasteiger partial charge in [-0.3, -0.25) is 61.8 Å². The van der Waals surface area contributed by atoms with E-state index in [1.165, 1.54) is 186 Å². The Hall–Kier alpha value is -5.48. The third-order valence-corrected chi connectivity index (χ3v) is 26.7. The molecule has 0 radical (unpaired) electrons. The molecule has 0 aliphatic heterocycles. The first-order valence-corrected chi connectivity index (χ1v) is 55.9. The molecule has 3 amide bonds. The number of unbranched alkanes of at least 4 members (excludes halogenated alkanes) is 14. The summed E-state index contributed by atoms with van der Waals surface area (Å²) in [4.78, 5) is 142. The topological polar surface area (TPSA) is 470 Å². The van der Waals surface area contributed by atoms with Crippen molar-refractivity contribution in [1.29, 1.82) is 0 Å². The van der Waals surface area contributed by atoms with Gasteiger partial charge in [0.25, 0.3) is 20.2 Å². The first-order chi connectivity index (χ1) is 63.2. The summed E-state index contributed by atoms with van der Waals surface area (Å²) in [5, 5.41) is 7.52. The number of esters is 8. The van der Waals surface area contributed by atoms with Gasteiger partial charge in [-0.15, -0.1) is 0 Å². The summed E-state index contributed by atoms with van der Waals surface area (Å²) >= 11 is 6.67. The predicted molar refractivity (Wildman–Crippen MR) is 539 cm³/mol. The first kappa shape index (κ1) is 138. The van der Waals surface area contributed by atoms with Crippen molar-refractivity contribution in [3.63, 3.8) is 0 Å². The minimum atomic E-state index is -4.65. The van der Waals surface area contributed by atoms with E-state index in [4.69, 9.17) is 42.4 Å². The van der Waals surface area contributed by atoms with Crippen LogP contribution in [0.3, 0.4) is 0 Å². The minimum Gasteiger partial charge on any atom is -0.748 e. The molecule has 0 aliphatic rings. The van der Waals surface area contributed by atoms with Crippen LogP contribution in [0, 0.1) is 47.3 Å². The Morgan fingerprint density at radius 3 is 0.800 bits per heavy atom. The van der Waals surface area contributed by atoms with Gasteiger partial charge in [-0.1, -0.05) is 224 Å². The molecule has 10 atom stereocenters. The average molecular weight is 2120 g/mol. The molecule has 0 aromatic rings. The van der Waals surface area contributed by atoms with E-state index in [0.29, 0.717) is 77.4 Å². The van der Waals surface area contributed by atoms with E-state index in [1.807, 2.05) is 27.7 Å². The number of ether oxygens (including phenoxy) is 8. The van der Waals surface area contributed by atoms with E-state index in [1.54, 1.807) is 13.8 Å². The van der Waals surface area contributed by atoms with Gasteiger partial charge < -0.3 is 68.2 Å². The molecular weight excluding hydrogens is 1940 g/mol. The van der Waals surface area contributed by atoms with Crippen LogP contribution in [0.15, 0.2) is 12.7 Å². The van der Waals surface area contributed by atoms with Gasteiger partial charge in [0, 0.05) is 17.4 Å². The molecule has 135 heavy (non-hydrogen) atoms. The number of hydrogen-bond acceptors (Lipinski definition) is 28. The van der Waals surface area contributed by atoms with E-state index in [9.17, 15) is 87.1 Å². The summed E-state index contributed by atoms with van der Waals surface area (Å²) in [6, 6.07) is 0. The van der Waals surface area contributed by atoms with Gasteiger partial charge in [0.1, 0.15) is 9.65 Å². The highest BCUT2D eigenvalue weighted by Crippen LogP contribution is 2.32. The first-order valence-electron chi connectivity index (χ1n) is 49.3. The highest BCUT2D eigenvalue weighted by atomic mass is 79.9. The van der Waals surface area contributed by atoms with Gasteiger partial charge in [0.2, 0.25) is 17.7 Å². The van der Waals surface area contributed by atoms with Crippen LogP contribution >= 0.6 is 31.9 Å². The number of halogens is 2. The van der Waals surface area contributed by atoms with Gasteiger partial charge in [-0.2, -0.15) is 16.8 Å². The zero-order chi connectivity index (χ0) is 104. The van der Waals surface area contributed by atoms with E-state index in [-0.39, 0.29) is 72.0 Å². The van der Waals surface area contributed by atoms with Crippen molar-refractivity contribution in [2.75, 3.05) is 111 Å². The Morgan fingerprint density at radius 1 is 0.348 bits per heavy atom. The Morgan fingerprint density at radius 2 is 0.578 bits per heavy atom. The molecule has 0 heterocycles. The molecule has 0 aromatic carbocycles. The third kappa shape index (κ3) is 78.9. The van der Waals surface area contributed by atoms with Crippen LogP contribution in [0.1, 0.15) is 359 Å². The minimum absolute atomic E-state index is 0. The van der Waals surface area contributed by atoms with Crippen LogP contribution in [0.5, 0.6) is 0 Å². The second-order valence-electron chi connectivity index (χ2n) is 37.1. The molecule has 0 rings (SSSR count). The summed E-state index contributed by atoms with van der Waals surface area (Å²) in [7, 11) is -8.01. The SMILES string of the molecule is C=CC(=O)NC(C)(C)CS(=O)(=O)O.CCCCN(CCCC)CCCC.CCCCN(CCCC)CCCC.CCCCOC(=O)C(Br)CC(CCCCCC(CC(Br)C(=O)OCCCC)C(=O)OC)C(=O)OC.CCCCOC(=O)C(CC(C)C(=O)NC(C)(C)CS(=O)(=O)[O-])CC(CCCCCC(CC(CC(C)C(=O)NC(C)(C)CS(=O)(=O)O)C(=O)OCCCC)C(=O)OC)C(=O)OC.[H+].[H+]. The van der Waals surface area contributed by atoms with Gasteiger partial charge in [-0.25, -0.2) is 8.42 Å². The second kappa shape index (κ2) is 81.1. The van der Waals surface area contributed by atoms with Gasteiger partial charge in [-0.05, 0) is 215 Å². The lowest BCUT2D eigenvalue weighted by molar-refractivity contribution is -0.154. The zero-order valence-electron chi connectivity index (χ0n) is 88.6. The van der Waals surface area contributed by atoms with Crippen molar-refractivity contribution in [1.82, 2.24) is 25.8 Å². The standard InChI is InChI=1S/C41H74N2O16S2.C25H42Br2O8.2C12H27N.C7H13NO4S/c1-11-13-20-58-38(48)32(22-28(3)34(44)42-40(5,6)26-60(50,51)52)24-30(36(46)56-9)18-16-15-17-19-31(37(47)57-10)25-33(39(49)59-21-14-12-2)23-29(4)35(45)43-41(7,8)27-61(53,54)55;1-5-7-14-34-24(30)20(26)16-18(22(28)32-3)12-10-9-11-13-19(23(29)33-4)17-21(27)25(31)35-15-8-6-2;2*1-4-7-10-13(11-8-5-2)12-9-6-3;1-4-6(9)8-7(2,3)5-13(10,11)12/h28-33H,11-27H2,1-10H3,(H,42,44)(H,43,45)(H,50,51,52)(H,53,54,55);18-21H,5-17H2,1-4H3;2*4-12H2,1-3H3;4H,1,5H2,2-3H3,(H,8,9)(H,10,11,12)/p+1. The highest BCUT2D eigenvalue weighted by molar-refractivity contribution is 9.10. The van der Waals surface area contributed by atoms with E-state index in [0.717, 1.165) is 63.9 Å². The zero-order valence-corrected chi connectivity index (χ0v) is 92.2. The molecule has 5 N–H and O–H groups in total. The molecule has 0 saturated heterocycles. The second-order valence-corrected chi connectivity index (χ2v) is 43.6. The third-order valence-electron chi connectivity index (χ3n) is 21.9. The van der Waals surface area contributed by atoms with E-state index >= 15 is 0 Å². The lowest BCUT2D eigenvalue weighted by Crippen LogP contribution is -2.50. The molecule has 0 aliphatic carbocycles. The van der Waals surface area contributed by atoms with Crippen LogP contribution < -0.4 is 16.0 Å². The monoisotopic (exact) mass is 2120 g/mol. The summed E-state index contributed by atoms with van der Waals surface area (Å²) in [6.45, 7) is 45.4. The van der Waals surface area contributed by atoms with Gasteiger partial charge in [0.05, 0.1) is 129 Å². The normalized spacial score (nSPS) is 13.9. The number of rotatable bonds is 74. The van der Waals surface area contributed by atoms with Gasteiger partial charge in [0.15, 0.2) is 0 Å². The molecule has 796 valence electrons. The largest absolute Gasteiger partial charge is 1.00 e. The van der Waals surface area contributed by atoms with Crippen molar-refractivity contribution in [3.8, 4) is 0 Å². The number of nitrogens with zero attached hydrogens (tertiary/aromatic N) is 2. The van der Waals surface area contributed by atoms with Crippen LogP contribution in [-0.4, -0.2) is 252 Å². The van der Waals surface area contributed by atoms with Crippen LogP contribution in [-0.2, 0) is 121 Å². The number of carbonyl (C=O) groups is 11. The smallest absolute Gasteiger partial charge is 0.748 e. The van der Waals surface area contributed by atoms with Crippen molar-refractivity contribution in [2.45, 2.75) is 382 Å². The molecule has 38 heteroatoms. The van der Waals surface area contributed by atoms with Gasteiger partial charge >= 0.3 is 50.6 Å². The molecule has 10 unspecified atom stereocenters. The molecule has 0 spiro atoms. The maximum Gasteiger partial charge on any atom is 1.00 e. The molecule has 0 aromatic heterocycles. The van der Waals surface area contributed by atoms with Crippen molar-refractivity contribution in [3.05, 3.63) is 12.7 Å². The maximum absolute atomic E-state index is 13.3. The fraction of sp³-hybridized carbons (Fsp3) is 0.866.